The molecule has 7 heteroatoms. The normalized spacial score (nSPS) is 14.1. The molecule has 5 nitrogen and oxygen atoms in total. The molecule has 0 aromatic heterocycles. The highest BCUT2D eigenvalue weighted by Gasteiger charge is 2.22. The third-order valence-electron chi connectivity index (χ3n) is 3.77. The number of benzene rings is 1. The lowest BCUT2D eigenvalue weighted by atomic mass is 10.1. The van der Waals surface area contributed by atoms with Gasteiger partial charge in [0.1, 0.15) is 5.82 Å². The Hall–Kier alpha value is -1.63. The van der Waals surface area contributed by atoms with E-state index in [-0.39, 0.29) is 29.4 Å². The lowest BCUT2D eigenvalue weighted by Crippen LogP contribution is -2.48. The van der Waals surface area contributed by atoms with Crippen LogP contribution in [-0.4, -0.2) is 50.0 Å². The van der Waals surface area contributed by atoms with Gasteiger partial charge in [-0.3, -0.25) is 0 Å². The molecule has 0 radical (unpaired) electrons. The van der Waals surface area contributed by atoms with Crippen LogP contribution in [0.4, 0.5) is 9.18 Å². The van der Waals surface area contributed by atoms with E-state index in [9.17, 15) is 17.6 Å². The number of urea groups is 1. The first-order valence-electron chi connectivity index (χ1n) is 7.63. The van der Waals surface area contributed by atoms with E-state index in [1.54, 1.807) is 46.0 Å². The van der Waals surface area contributed by atoms with Crippen LogP contribution in [0.25, 0.3) is 0 Å². The molecule has 0 aliphatic heterocycles. The van der Waals surface area contributed by atoms with Crippen molar-refractivity contribution in [2.24, 2.45) is 0 Å². The summed E-state index contributed by atoms with van der Waals surface area (Å²) in [6.07, 6.45) is 0.369. The number of sulfone groups is 1. The van der Waals surface area contributed by atoms with Gasteiger partial charge in [0.05, 0.1) is 5.75 Å². The maximum atomic E-state index is 13.6. The van der Waals surface area contributed by atoms with Gasteiger partial charge in [0.25, 0.3) is 0 Å². The van der Waals surface area contributed by atoms with Crippen LogP contribution in [0.2, 0.25) is 0 Å². The van der Waals surface area contributed by atoms with E-state index in [1.807, 2.05) is 0 Å². The van der Waals surface area contributed by atoms with Gasteiger partial charge >= 0.3 is 6.03 Å². The Morgan fingerprint density at radius 3 is 2.48 bits per heavy atom. The number of amides is 2. The molecule has 0 unspecified atom stereocenters. The SMILES string of the molecule is CCS(=O)(=O)C[C@@H](C)N(C)C(=O)N[C@@H](C)Cc1ccccc1F. The third kappa shape index (κ3) is 6.17. The van der Waals surface area contributed by atoms with Crippen molar-refractivity contribution in [2.45, 2.75) is 39.3 Å². The Morgan fingerprint density at radius 2 is 1.91 bits per heavy atom. The zero-order valence-corrected chi connectivity index (χ0v) is 14.9. The van der Waals surface area contributed by atoms with Gasteiger partial charge in [-0.05, 0) is 31.9 Å². The minimum atomic E-state index is -3.15. The minimum Gasteiger partial charge on any atom is -0.335 e. The van der Waals surface area contributed by atoms with Crippen LogP contribution in [0, 0.1) is 5.82 Å². The number of carbonyl (C=O) groups is 1. The van der Waals surface area contributed by atoms with Crippen molar-refractivity contribution in [1.82, 2.24) is 10.2 Å². The van der Waals surface area contributed by atoms with Crippen molar-refractivity contribution in [3.63, 3.8) is 0 Å². The Morgan fingerprint density at radius 1 is 1.30 bits per heavy atom. The molecule has 0 aliphatic carbocycles. The molecule has 2 amide bonds. The first-order valence-corrected chi connectivity index (χ1v) is 9.45. The van der Waals surface area contributed by atoms with E-state index in [2.05, 4.69) is 5.32 Å². The Bertz CT molecular complexity index is 634. The number of nitrogens with zero attached hydrogens (tertiary/aromatic N) is 1. The molecule has 1 N–H and O–H groups in total. The number of rotatable bonds is 7. The van der Waals surface area contributed by atoms with Crippen LogP contribution in [0.3, 0.4) is 0 Å². The summed E-state index contributed by atoms with van der Waals surface area (Å²) in [5.41, 5.74) is 0.532. The van der Waals surface area contributed by atoms with Crippen molar-refractivity contribution < 1.29 is 17.6 Å². The van der Waals surface area contributed by atoms with Crippen LogP contribution in [0.15, 0.2) is 24.3 Å². The fraction of sp³-hybridized carbons (Fsp3) is 0.562. The van der Waals surface area contributed by atoms with E-state index < -0.39 is 15.9 Å². The summed E-state index contributed by atoms with van der Waals surface area (Å²) < 4.78 is 36.9. The average molecular weight is 344 g/mol. The van der Waals surface area contributed by atoms with Gasteiger partial charge in [-0.2, -0.15) is 0 Å². The molecule has 130 valence electrons. The summed E-state index contributed by atoms with van der Waals surface area (Å²) in [6.45, 7) is 5.05. The molecule has 2 atom stereocenters. The van der Waals surface area contributed by atoms with Crippen LogP contribution < -0.4 is 5.32 Å². The first kappa shape index (κ1) is 19.4. The van der Waals surface area contributed by atoms with Crippen LogP contribution in [0.5, 0.6) is 0 Å². The summed E-state index contributed by atoms with van der Waals surface area (Å²) in [7, 11) is -1.59. The topological polar surface area (TPSA) is 66.5 Å². The van der Waals surface area contributed by atoms with Crippen molar-refractivity contribution in [3.05, 3.63) is 35.6 Å². The van der Waals surface area contributed by atoms with Gasteiger partial charge in [-0.1, -0.05) is 25.1 Å². The fourth-order valence-electron chi connectivity index (χ4n) is 2.15. The lowest BCUT2D eigenvalue weighted by molar-refractivity contribution is 0.194. The minimum absolute atomic E-state index is 0.0521. The van der Waals surface area contributed by atoms with Gasteiger partial charge in [-0.25, -0.2) is 17.6 Å². The summed E-state index contributed by atoms with van der Waals surface area (Å²) in [4.78, 5) is 13.5. The molecule has 0 fully saturated rings. The largest absolute Gasteiger partial charge is 0.335 e. The number of hydrogen-bond donors (Lipinski definition) is 1. The van der Waals surface area contributed by atoms with E-state index in [0.29, 0.717) is 12.0 Å². The van der Waals surface area contributed by atoms with Gasteiger partial charge in [0.15, 0.2) is 9.84 Å². The molecule has 1 aromatic rings. The second-order valence-electron chi connectivity index (χ2n) is 5.80. The lowest BCUT2D eigenvalue weighted by Gasteiger charge is -2.27. The molecule has 0 aliphatic rings. The highest BCUT2D eigenvalue weighted by atomic mass is 32.2. The second-order valence-corrected chi connectivity index (χ2v) is 8.20. The van der Waals surface area contributed by atoms with E-state index >= 15 is 0 Å². The smallest absolute Gasteiger partial charge is 0.317 e. The predicted molar refractivity (Wildman–Crippen MR) is 89.7 cm³/mol. The van der Waals surface area contributed by atoms with Crippen molar-refractivity contribution in [1.29, 1.82) is 0 Å². The highest BCUT2D eigenvalue weighted by molar-refractivity contribution is 7.91. The molecule has 1 aromatic carbocycles. The maximum Gasteiger partial charge on any atom is 0.317 e. The van der Waals surface area contributed by atoms with Crippen LogP contribution in [-0.2, 0) is 16.3 Å². The van der Waals surface area contributed by atoms with E-state index in [1.165, 1.54) is 11.0 Å². The van der Waals surface area contributed by atoms with Gasteiger partial charge in [0.2, 0.25) is 0 Å². The summed E-state index contributed by atoms with van der Waals surface area (Å²) >= 11 is 0. The number of halogens is 1. The molecule has 0 saturated carbocycles. The summed E-state index contributed by atoms with van der Waals surface area (Å²) in [5, 5.41) is 2.77. The second kappa shape index (κ2) is 8.29. The fourth-order valence-corrected chi connectivity index (χ4v) is 3.35. The zero-order valence-electron chi connectivity index (χ0n) is 14.0. The third-order valence-corrected chi connectivity index (χ3v) is 5.64. The monoisotopic (exact) mass is 344 g/mol. The van der Waals surface area contributed by atoms with Crippen LogP contribution in [0.1, 0.15) is 26.3 Å². The molecule has 0 heterocycles. The number of carbonyl (C=O) groups excluding carboxylic acids is 1. The van der Waals surface area contributed by atoms with Crippen molar-refractivity contribution in [2.75, 3.05) is 18.6 Å². The molecule has 1 rings (SSSR count). The van der Waals surface area contributed by atoms with Gasteiger partial charge in [0, 0.05) is 24.9 Å². The van der Waals surface area contributed by atoms with Gasteiger partial charge < -0.3 is 10.2 Å². The molecule has 23 heavy (non-hydrogen) atoms. The summed E-state index contributed by atoms with van der Waals surface area (Å²) in [5.74, 6) is -0.324. The molecular formula is C16H25FN2O3S. The Kier molecular flexibility index (Phi) is 7.00. The highest BCUT2D eigenvalue weighted by Crippen LogP contribution is 2.09. The summed E-state index contributed by atoms with van der Waals surface area (Å²) in [6, 6.07) is 5.36. The number of nitrogens with one attached hydrogen (secondary N) is 1. The van der Waals surface area contributed by atoms with E-state index in [0.717, 1.165) is 0 Å². The van der Waals surface area contributed by atoms with Gasteiger partial charge in [-0.15, -0.1) is 0 Å². The van der Waals surface area contributed by atoms with Crippen LogP contribution >= 0.6 is 0 Å². The maximum absolute atomic E-state index is 13.6. The predicted octanol–water partition coefficient (Wildman–Crippen LogP) is 2.22. The molecule has 0 saturated heterocycles. The first-order chi connectivity index (χ1) is 10.7. The zero-order chi connectivity index (χ0) is 17.6. The average Bonchev–Trinajstić information content (AvgIpc) is 2.48. The Labute approximate surface area is 137 Å². The quantitative estimate of drug-likeness (QED) is 0.825. The van der Waals surface area contributed by atoms with Crippen molar-refractivity contribution >= 4 is 15.9 Å². The number of hydrogen-bond acceptors (Lipinski definition) is 3. The standard InChI is InChI=1S/C16H25FN2O3S/c1-5-23(21,22)11-13(3)19(4)16(20)18-12(2)10-14-8-6-7-9-15(14)17/h6-9,12-13H,5,10-11H2,1-4H3,(H,18,20)/t12-,13+/m0/s1. The molecule has 0 bridgehead atoms. The van der Waals surface area contributed by atoms with E-state index in [4.69, 9.17) is 0 Å². The Balaban J connectivity index is 2.59. The molecule has 0 spiro atoms. The molecular weight excluding hydrogens is 319 g/mol. The van der Waals surface area contributed by atoms with Crippen molar-refractivity contribution in [3.8, 4) is 0 Å².